The highest BCUT2D eigenvalue weighted by Crippen LogP contribution is 2.20. The first-order valence-electron chi connectivity index (χ1n) is 6.96. The fourth-order valence-corrected chi connectivity index (χ4v) is 9.63. The number of nitrogens with one attached hydrogen (secondary N) is 2. The molecule has 18 heavy (non-hydrogen) atoms. The van der Waals surface area contributed by atoms with Crippen LogP contribution in [0.15, 0.2) is 0 Å². The first kappa shape index (κ1) is 18.3. The quantitative estimate of drug-likeness (QED) is 0.452. The van der Waals surface area contributed by atoms with Crippen LogP contribution in [-0.2, 0) is 8.54 Å². The van der Waals surface area contributed by atoms with Gasteiger partial charge in [0.25, 0.3) is 0 Å². The molecular formula is C12H32N2O2Si2. The van der Waals surface area contributed by atoms with Crippen LogP contribution >= 0.6 is 0 Å². The van der Waals surface area contributed by atoms with Crippen molar-refractivity contribution in [3.63, 3.8) is 0 Å². The molecule has 0 rings (SSSR count). The Balaban J connectivity index is 3.95. The fourth-order valence-electron chi connectivity index (χ4n) is 2.00. The molecular weight excluding hydrogens is 260 g/mol. The topological polar surface area (TPSA) is 42.5 Å². The van der Waals surface area contributed by atoms with Gasteiger partial charge >= 0.3 is 8.56 Å². The van der Waals surface area contributed by atoms with Gasteiger partial charge in [-0.15, -0.1) is 0 Å². The van der Waals surface area contributed by atoms with Crippen molar-refractivity contribution in [3.05, 3.63) is 0 Å². The standard InChI is InChI=1S/C12H32N2O2Si2/c1-13-9-7-11-15-18(5,6)16-17(3,4)12-8-10-14-2/h13-14H,7-12H2,1-6H3. The Hall–Kier alpha value is 0.274. The van der Waals surface area contributed by atoms with Crippen LogP contribution in [-0.4, -0.2) is 50.7 Å². The molecule has 0 aliphatic heterocycles. The van der Waals surface area contributed by atoms with E-state index in [-0.39, 0.29) is 0 Å². The Morgan fingerprint density at radius 1 is 0.889 bits per heavy atom. The highest BCUT2D eigenvalue weighted by molar-refractivity contribution is 6.82. The van der Waals surface area contributed by atoms with E-state index in [2.05, 4.69) is 36.8 Å². The molecule has 2 N–H and O–H groups in total. The highest BCUT2D eigenvalue weighted by Gasteiger charge is 2.34. The van der Waals surface area contributed by atoms with Crippen molar-refractivity contribution in [2.75, 3.05) is 33.8 Å². The second-order valence-electron chi connectivity index (χ2n) is 5.77. The second-order valence-corrected chi connectivity index (χ2v) is 13.7. The molecule has 0 spiro atoms. The minimum Gasteiger partial charge on any atom is -0.436 e. The lowest BCUT2D eigenvalue weighted by Gasteiger charge is -2.33. The molecule has 0 unspecified atom stereocenters. The van der Waals surface area contributed by atoms with Crippen molar-refractivity contribution >= 4 is 16.9 Å². The first-order valence-corrected chi connectivity index (χ1v) is 12.9. The van der Waals surface area contributed by atoms with Crippen LogP contribution < -0.4 is 10.6 Å². The molecule has 0 heterocycles. The zero-order valence-electron chi connectivity index (χ0n) is 13.1. The lowest BCUT2D eigenvalue weighted by atomic mass is 10.5. The fraction of sp³-hybridized carbons (Fsp3) is 1.00. The average Bonchev–Trinajstić information content (AvgIpc) is 2.23. The van der Waals surface area contributed by atoms with Crippen molar-refractivity contribution in [3.8, 4) is 0 Å². The monoisotopic (exact) mass is 292 g/mol. The van der Waals surface area contributed by atoms with Gasteiger partial charge in [0.1, 0.15) is 0 Å². The molecule has 0 bridgehead atoms. The van der Waals surface area contributed by atoms with E-state index in [1.165, 1.54) is 12.5 Å². The molecule has 0 saturated carbocycles. The van der Waals surface area contributed by atoms with E-state index in [1.54, 1.807) is 0 Å². The van der Waals surface area contributed by atoms with Gasteiger partial charge in [0.15, 0.2) is 8.32 Å². The molecule has 0 atom stereocenters. The molecule has 0 aliphatic rings. The molecule has 0 saturated heterocycles. The Morgan fingerprint density at radius 3 is 2.00 bits per heavy atom. The summed E-state index contributed by atoms with van der Waals surface area (Å²) >= 11 is 0. The van der Waals surface area contributed by atoms with Crippen LogP contribution in [0.25, 0.3) is 0 Å². The van der Waals surface area contributed by atoms with Gasteiger partial charge in [0, 0.05) is 6.61 Å². The number of hydrogen-bond donors (Lipinski definition) is 2. The minimum absolute atomic E-state index is 0.807. The number of rotatable bonds is 11. The first-order chi connectivity index (χ1) is 8.33. The van der Waals surface area contributed by atoms with Gasteiger partial charge in [0.05, 0.1) is 0 Å². The third-order valence-electron chi connectivity index (χ3n) is 2.75. The van der Waals surface area contributed by atoms with Crippen LogP contribution in [0.5, 0.6) is 0 Å². The van der Waals surface area contributed by atoms with Crippen molar-refractivity contribution < 1.29 is 8.54 Å². The molecule has 4 nitrogen and oxygen atoms in total. The number of hydrogen-bond acceptors (Lipinski definition) is 4. The van der Waals surface area contributed by atoms with Crippen LogP contribution in [0.2, 0.25) is 32.2 Å². The average molecular weight is 293 g/mol. The molecule has 0 radical (unpaired) electrons. The maximum atomic E-state index is 6.36. The summed E-state index contributed by atoms with van der Waals surface area (Å²) in [5.41, 5.74) is 0. The maximum Gasteiger partial charge on any atom is 0.321 e. The zero-order chi connectivity index (χ0) is 14.1. The lowest BCUT2D eigenvalue weighted by Crippen LogP contribution is -2.47. The van der Waals surface area contributed by atoms with Crippen LogP contribution in [0.3, 0.4) is 0 Å². The summed E-state index contributed by atoms with van der Waals surface area (Å²) in [6, 6.07) is 1.20. The van der Waals surface area contributed by atoms with E-state index in [1.807, 2.05) is 14.1 Å². The van der Waals surface area contributed by atoms with Gasteiger partial charge in [0.2, 0.25) is 0 Å². The second kappa shape index (κ2) is 9.22. The molecule has 110 valence electrons. The molecule has 0 aliphatic carbocycles. The van der Waals surface area contributed by atoms with Gasteiger partial charge in [-0.25, -0.2) is 0 Å². The highest BCUT2D eigenvalue weighted by atomic mass is 28.4. The van der Waals surface area contributed by atoms with Gasteiger partial charge in [-0.3, -0.25) is 0 Å². The van der Waals surface area contributed by atoms with Gasteiger partial charge in [-0.1, -0.05) is 0 Å². The Kier molecular flexibility index (Phi) is 9.36. The van der Waals surface area contributed by atoms with E-state index in [0.717, 1.165) is 26.1 Å². The van der Waals surface area contributed by atoms with Gasteiger partial charge < -0.3 is 19.2 Å². The Bertz CT molecular complexity index is 214. The summed E-state index contributed by atoms with van der Waals surface area (Å²) in [6.07, 6.45) is 2.25. The van der Waals surface area contributed by atoms with Crippen LogP contribution in [0.4, 0.5) is 0 Å². The minimum atomic E-state index is -1.94. The molecule has 0 aromatic carbocycles. The SMILES string of the molecule is CNCCCO[Si](C)(C)O[Si](C)(C)CCCNC. The van der Waals surface area contributed by atoms with Crippen LogP contribution in [0.1, 0.15) is 12.8 Å². The molecule has 0 amide bonds. The molecule has 0 aromatic rings. The largest absolute Gasteiger partial charge is 0.436 e. The van der Waals surface area contributed by atoms with E-state index >= 15 is 0 Å². The van der Waals surface area contributed by atoms with Crippen molar-refractivity contribution in [1.82, 2.24) is 10.6 Å². The third kappa shape index (κ3) is 10.2. The summed E-state index contributed by atoms with van der Waals surface area (Å²) in [4.78, 5) is 0. The summed E-state index contributed by atoms with van der Waals surface area (Å²) in [7, 11) is 0.469. The summed E-state index contributed by atoms with van der Waals surface area (Å²) in [5.74, 6) is 0. The lowest BCUT2D eigenvalue weighted by molar-refractivity contribution is 0.241. The molecule has 0 fully saturated rings. The molecule has 6 heteroatoms. The van der Waals surface area contributed by atoms with Crippen molar-refractivity contribution in [2.45, 2.75) is 45.1 Å². The van der Waals surface area contributed by atoms with E-state index in [0.29, 0.717) is 0 Å². The Labute approximate surface area is 115 Å². The predicted molar refractivity (Wildman–Crippen MR) is 83.9 cm³/mol. The van der Waals surface area contributed by atoms with E-state index in [4.69, 9.17) is 8.54 Å². The summed E-state index contributed by atoms with van der Waals surface area (Å²) < 4.78 is 12.3. The normalized spacial score (nSPS) is 13.0. The predicted octanol–water partition coefficient (Wildman–Crippen LogP) is 2.15. The molecule has 0 aromatic heterocycles. The van der Waals surface area contributed by atoms with E-state index < -0.39 is 16.9 Å². The zero-order valence-corrected chi connectivity index (χ0v) is 15.1. The van der Waals surface area contributed by atoms with E-state index in [9.17, 15) is 0 Å². The Morgan fingerprint density at radius 2 is 1.44 bits per heavy atom. The van der Waals surface area contributed by atoms with Crippen molar-refractivity contribution in [1.29, 1.82) is 0 Å². The van der Waals surface area contributed by atoms with Gasteiger partial charge in [-0.2, -0.15) is 0 Å². The van der Waals surface area contributed by atoms with Crippen LogP contribution in [0, 0.1) is 0 Å². The van der Waals surface area contributed by atoms with Crippen molar-refractivity contribution in [2.24, 2.45) is 0 Å². The smallest absolute Gasteiger partial charge is 0.321 e. The summed E-state index contributed by atoms with van der Waals surface area (Å²) in [6.45, 7) is 11.8. The summed E-state index contributed by atoms with van der Waals surface area (Å²) in [5, 5.41) is 6.32. The van der Waals surface area contributed by atoms with Gasteiger partial charge in [-0.05, 0) is 72.3 Å². The maximum absolute atomic E-state index is 6.36. The third-order valence-corrected chi connectivity index (χ3v) is 9.38.